The molecule has 4 heteroatoms. The van der Waals surface area contributed by atoms with Crippen LogP contribution < -0.4 is 20.7 Å². The van der Waals surface area contributed by atoms with Crippen LogP contribution in [0.5, 0.6) is 0 Å². The van der Waals surface area contributed by atoms with Gasteiger partial charge in [-0.2, -0.15) is 0 Å². The lowest BCUT2D eigenvalue weighted by molar-refractivity contribution is 1.20. The lowest BCUT2D eigenvalue weighted by Gasteiger charge is -2.29. The van der Waals surface area contributed by atoms with E-state index in [-0.39, 0.29) is 0 Å². The third-order valence-electron chi connectivity index (χ3n) is 17.5. The van der Waals surface area contributed by atoms with Gasteiger partial charge in [-0.05, 0) is 123 Å². The van der Waals surface area contributed by atoms with Crippen molar-refractivity contribution in [1.82, 2.24) is 9.13 Å². The molecule has 2 aliphatic heterocycles. The SMILES string of the molecule is C[Si]1(C)c2cc(-c3ccc(-n4c5ccccc5c5ccccc54)c4ccccc34)ccc2-c2c1c1c(c3ccccc23)-c2ccc(-c3ccc(-n4c5ccccc5c5ccccc54)c4ccccc34)cc2[Si]1(C)C. The standard InChI is InChI=1S/C70H50N2Si2/c1-73(2)65-41-43(45-37-39-63(49-21-7-5-19-47(45)49)71-59-29-15-11-23-51(59)52-24-12-16-30-60(52)71)33-35-57(65)67-55-27-9-10-28-56(55)68-58-36-34-44(42-66(58)74(3,4)70(68)69(67)73)46-38-40-64(50-22-8-6-20-48(46)50)72-61-31-17-13-25-53(61)54-26-14-18-32-62(54)72/h5-42H,1-4H3. The van der Waals surface area contributed by atoms with Crippen LogP contribution in [0.4, 0.5) is 0 Å². The molecule has 12 aromatic carbocycles. The van der Waals surface area contributed by atoms with Crippen LogP contribution in [0.25, 0.3) is 132 Å². The first-order valence-corrected chi connectivity index (χ1v) is 32.2. The van der Waals surface area contributed by atoms with E-state index in [1.165, 1.54) is 132 Å². The van der Waals surface area contributed by atoms with E-state index in [2.05, 4.69) is 266 Å². The number of fused-ring (bicyclic) bond motifs is 18. The highest BCUT2D eigenvalue weighted by Crippen LogP contribution is 2.46. The minimum atomic E-state index is -2.29. The molecule has 348 valence electrons. The van der Waals surface area contributed by atoms with E-state index in [1.54, 1.807) is 20.7 Å². The van der Waals surface area contributed by atoms with Gasteiger partial charge in [-0.1, -0.05) is 220 Å². The summed E-state index contributed by atoms with van der Waals surface area (Å²) in [7, 11) is -4.58. The molecule has 0 saturated heterocycles. The van der Waals surface area contributed by atoms with Crippen LogP contribution in [0.2, 0.25) is 26.2 Å². The van der Waals surface area contributed by atoms with Crippen molar-refractivity contribution in [3.8, 4) is 55.9 Å². The second-order valence-corrected chi connectivity index (χ2v) is 30.5. The molecule has 0 N–H and O–H groups in total. The highest BCUT2D eigenvalue weighted by Gasteiger charge is 2.49. The molecule has 4 heterocycles. The van der Waals surface area contributed by atoms with E-state index in [9.17, 15) is 0 Å². The van der Waals surface area contributed by atoms with Crippen molar-refractivity contribution in [3.05, 3.63) is 231 Å². The van der Waals surface area contributed by atoms with E-state index >= 15 is 0 Å². The Morgan fingerprint density at radius 2 is 0.541 bits per heavy atom. The van der Waals surface area contributed by atoms with Gasteiger partial charge in [-0.25, -0.2) is 0 Å². The van der Waals surface area contributed by atoms with Crippen molar-refractivity contribution < 1.29 is 0 Å². The van der Waals surface area contributed by atoms with Gasteiger partial charge in [0, 0.05) is 32.3 Å². The van der Waals surface area contributed by atoms with Gasteiger partial charge in [-0.3, -0.25) is 0 Å². The van der Waals surface area contributed by atoms with Crippen molar-refractivity contribution in [1.29, 1.82) is 0 Å². The van der Waals surface area contributed by atoms with Crippen LogP contribution >= 0.6 is 0 Å². The molecule has 0 radical (unpaired) electrons. The molecule has 2 nitrogen and oxygen atoms in total. The van der Waals surface area contributed by atoms with Gasteiger partial charge in [0.1, 0.15) is 16.1 Å². The average molecular weight is 975 g/mol. The molecular weight excluding hydrogens is 925 g/mol. The smallest absolute Gasteiger partial charge is 0.113 e. The molecule has 0 amide bonds. The number of hydrogen-bond donors (Lipinski definition) is 0. The van der Waals surface area contributed by atoms with Crippen LogP contribution in [0.3, 0.4) is 0 Å². The molecule has 14 aromatic rings. The molecule has 2 aliphatic rings. The third kappa shape index (κ3) is 5.48. The molecule has 0 unspecified atom stereocenters. The Kier molecular flexibility index (Phi) is 8.53. The molecule has 74 heavy (non-hydrogen) atoms. The van der Waals surface area contributed by atoms with Crippen molar-refractivity contribution in [3.63, 3.8) is 0 Å². The Morgan fingerprint density at radius 3 is 0.892 bits per heavy atom. The second kappa shape index (κ2) is 15.0. The predicted molar refractivity (Wildman–Crippen MR) is 323 cm³/mol. The fourth-order valence-electron chi connectivity index (χ4n) is 14.2. The van der Waals surface area contributed by atoms with Gasteiger partial charge < -0.3 is 9.13 Å². The summed E-state index contributed by atoms with van der Waals surface area (Å²) in [5, 5.41) is 19.4. The number of hydrogen-bond acceptors (Lipinski definition) is 0. The molecule has 0 spiro atoms. The summed E-state index contributed by atoms with van der Waals surface area (Å²) in [5.41, 5.74) is 18.4. The van der Waals surface area contributed by atoms with Crippen molar-refractivity contribution in [2.24, 2.45) is 0 Å². The van der Waals surface area contributed by atoms with Crippen LogP contribution in [0.1, 0.15) is 0 Å². The molecular formula is C70H50N2Si2. The minimum absolute atomic E-state index is 1.21. The zero-order valence-electron chi connectivity index (χ0n) is 41.8. The number of nitrogens with zero attached hydrogens (tertiary/aromatic N) is 2. The Hall–Kier alpha value is -8.55. The van der Waals surface area contributed by atoms with E-state index in [0.29, 0.717) is 0 Å². The second-order valence-electron chi connectivity index (χ2n) is 21.9. The molecule has 0 bridgehead atoms. The number of para-hydroxylation sites is 4. The molecule has 0 fully saturated rings. The van der Waals surface area contributed by atoms with Gasteiger partial charge >= 0.3 is 0 Å². The maximum Gasteiger partial charge on any atom is 0.113 e. The van der Waals surface area contributed by atoms with Gasteiger partial charge in [0.05, 0.1) is 33.4 Å². The average Bonchev–Trinajstić information content (AvgIpc) is 4.11. The Bertz CT molecular complexity index is 4390. The van der Waals surface area contributed by atoms with Gasteiger partial charge in [0.25, 0.3) is 0 Å². The first-order chi connectivity index (χ1) is 36.3. The molecule has 0 atom stereocenters. The van der Waals surface area contributed by atoms with E-state index in [1.807, 2.05) is 0 Å². The van der Waals surface area contributed by atoms with E-state index in [4.69, 9.17) is 0 Å². The topological polar surface area (TPSA) is 9.86 Å². The Balaban J connectivity index is 0.842. The van der Waals surface area contributed by atoms with Gasteiger partial charge in [0.15, 0.2) is 0 Å². The zero-order chi connectivity index (χ0) is 49.2. The molecule has 0 aliphatic carbocycles. The minimum Gasteiger partial charge on any atom is -0.309 e. The maximum absolute atomic E-state index is 2.64. The Morgan fingerprint density at radius 1 is 0.257 bits per heavy atom. The van der Waals surface area contributed by atoms with Crippen LogP contribution in [-0.4, -0.2) is 25.3 Å². The summed E-state index contributed by atoms with van der Waals surface area (Å²) in [6, 6.07) is 87.3. The van der Waals surface area contributed by atoms with Crippen LogP contribution in [0, 0.1) is 0 Å². The van der Waals surface area contributed by atoms with E-state index < -0.39 is 16.1 Å². The Labute approximate surface area is 432 Å². The molecule has 0 saturated carbocycles. The van der Waals surface area contributed by atoms with Crippen LogP contribution in [0.15, 0.2) is 231 Å². The summed E-state index contributed by atoms with van der Waals surface area (Å²) in [4.78, 5) is 0. The summed E-state index contributed by atoms with van der Waals surface area (Å²) < 4.78 is 4.94. The van der Waals surface area contributed by atoms with Crippen molar-refractivity contribution in [2.75, 3.05) is 0 Å². The summed E-state index contributed by atoms with van der Waals surface area (Å²) >= 11 is 0. The number of rotatable bonds is 4. The van der Waals surface area contributed by atoms with E-state index in [0.717, 1.165) is 0 Å². The number of aromatic nitrogens is 2. The summed E-state index contributed by atoms with van der Waals surface area (Å²) in [6.07, 6.45) is 0. The quantitative estimate of drug-likeness (QED) is 0.156. The monoisotopic (exact) mass is 974 g/mol. The van der Waals surface area contributed by atoms with Crippen molar-refractivity contribution in [2.45, 2.75) is 26.2 Å². The third-order valence-corrected chi connectivity index (χ3v) is 24.7. The van der Waals surface area contributed by atoms with Crippen LogP contribution in [-0.2, 0) is 0 Å². The first kappa shape index (κ1) is 42.0. The van der Waals surface area contributed by atoms with Crippen molar-refractivity contribution >= 4 is 113 Å². The summed E-state index contributed by atoms with van der Waals surface area (Å²) in [5.74, 6) is 0. The predicted octanol–water partition coefficient (Wildman–Crippen LogP) is 16.3. The van der Waals surface area contributed by atoms with Gasteiger partial charge in [0.2, 0.25) is 0 Å². The zero-order valence-corrected chi connectivity index (χ0v) is 43.8. The fourth-order valence-corrected chi connectivity index (χ4v) is 22.7. The first-order valence-electron chi connectivity index (χ1n) is 26.2. The number of benzene rings is 12. The molecule has 16 rings (SSSR count). The summed E-state index contributed by atoms with van der Waals surface area (Å²) in [6.45, 7) is 10.6. The highest BCUT2D eigenvalue weighted by molar-refractivity contribution is 7.13. The lowest BCUT2D eigenvalue weighted by Crippen LogP contribution is -2.63. The van der Waals surface area contributed by atoms with Gasteiger partial charge in [-0.15, -0.1) is 0 Å². The highest BCUT2D eigenvalue weighted by atomic mass is 28.3. The fraction of sp³-hybridized carbons (Fsp3) is 0.0571. The molecule has 2 aromatic heterocycles. The maximum atomic E-state index is 2.64. The largest absolute Gasteiger partial charge is 0.309 e. The normalized spacial score (nSPS) is 14.2. The lowest BCUT2D eigenvalue weighted by atomic mass is 9.90.